The van der Waals surface area contributed by atoms with Crippen molar-refractivity contribution in [3.8, 4) is 5.75 Å². The first-order chi connectivity index (χ1) is 10.7. The van der Waals surface area contributed by atoms with E-state index in [1.165, 1.54) is 6.92 Å². The van der Waals surface area contributed by atoms with E-state index in [2.05, 4.69) is 0 Å². The Labute approximate surface area is 151 Å². The van der Waals surface area contributed by atoms with E-state index in [0.29, 0.717) is 43.9 Å². The quantitative estimate of drug-likeness (QED) is 0.545. The van der Waals surface area contributed by atoms with Crippen molar-refractivity contribution < 1.29 is 14.3 Å². The minimum absolute atomic E-state index is 0. The standard InChI is InChI=1S/C18H28N2O3.ClH/c1-14(21)15-7-9-16(10-8-15)23-11-5-6-17(22)20(4)13-18(2,3)12-19;/h7-10H,5-6,11-13,19H2,1-4H3;1H. The maximum Gasteiger partial charge on any atom is 0.222 e. The second-order valence-electron chi connectivity index (χ2n) is 6.65. The van der Waals surface area contributed by atoms with Crippen LogP contribution in [-0.2, 0) is 4.79 Å². The molecule has 0 atom stereocenters. The number of carbonyl (C=O) groups excluding carboxylic acids is 2. The van der Waals surface area contributed by atoms with Gasteiger partial charge in [-0.2, -0.15) is 0 Å². The normalized spacial score (nSPS) is 10.7. The van der Waals surface area contributed by atoms with Crippen LogP contribution in [0.15, 0.2) is 24.3 Å². The minimum Gasteiger partial charge on any atom is -0.494 e. The summed E-state index contributed by atoms with van der Waals surface area (Å²) in [5, 5.41) is 0. The number of hydrogen-bond acceptors (Lipinski definition) is 4. The summed E-state index contributed by atoms with van der Waals surface area (Å²) in [6.07, 6.45) is 1.10. The summed E-state index contributed by atoms with van der Waals surface area (Å²) in [7, 11) is 1.81. The molecular formula is C18H29ClN2O3. The van der Waals surface area contributed by atoms with Gasteiger partial charge in [0.15, 0.2) is 5.78 Å². The van der Waals surface area contributed by atoms with E-state index in [-0.39, 0.29) is 29.5 Å². The Balaban J connectivity index is 0.00000529. The lowest BCUT2D eigenvalue weighted by Gasteiger charge is -2.29. The number of nitrogens with zero attached hydrogens (tertiary/aromatic N) is 1. The molecule has 0 aliphatic carbocycles. The molecule has 1 amide bonds. The van der Waals surface area contributed by atoms with Crippen LogP contribution in [0.1, 0.15) is 44.0 Å². The smallest absolute Gasteiger partial charge is 0.222 e. The van der Waals surface area contributed by atoms with Gasteiger partial charge in [0.05, 0.1) is 6.61 Å². The molecule has 1 aromatic carbocycles. The lowest BCUT2D eigenvalue weighted by atomic mass is 9.93. The monoisotopic (exact) mass is 356 g/mol. The lowest BCUT2D eigenvalue weighted by molar-refractivity contribution is -0.131. The third-order valence-corrected chi connectivity index (χ3v) is 3.71. The van der Waals surface area contributed by atoms with Crippen molar-refractivity contribution in [2.24, 2.45) is 11.1 Å². The summed E-state index contributed by atoms with van der Waals surface area (Å²) in [4.78, 5) is 25.0. The lowest BCUT2D eigenvalue weighted by Crippen LogP contribution is -2.39. The minimum atomic E-state index is -0.0701. The number of ether oxygens (including phenoxy) is 1. The van der Waals surface area contributed by atoms with Crippen LogP contribution in [0.3, 0.4) is 0 Å². The van der Waals surface area contributed by atoms with E-state index in [1.54, 1.807) is 36.2 Å². The SMILES string of the molecule is CC(=O)c1ccc(OCCCC(=O)N(C)CC(C)(C)CN)cc1.Cl. The first kappa shape index (κ1) is 22.4. The fraction of sp³-hybridized carbons (Fsp3) is 0.556. The molecule has 24 heavy (non-hydrogen) atoms. The molecule has 5 nitrogen and oxygen atoms in total. The van der Waals surface area contributed by atoms with Gasteiger partial charge >= 0.3 is 0 Å². The van der Waals surface area contributed by atoms with Gasteiger partial charge in [0.2, 0.25) is 5.91 Å². The third-order valence-electron chi connectivity index (χ3n) is 3.71. The van der Waals surface area contributed by atoms with E-state index in [0.717, 1.165) is 0 Å². The fourth-order valence-corrected chi connectivity index (χ4v) is 2.18. The molecule has 0 aliphatic heterocycles. The van der Waals surface area contributed by atoms with Crippen molar-refractivity contribution in [1.29, 1.82) is 0 Å². The van der Waals surface area contributed by atoms with Crippen LogP contribution in [0.2, 0.25) is 0 Å². The highest BCUT2D eigenvalue weighted by Crippen LogP contribution is 2.15. The number of benzene rings is 1. The zero-order valence-corrected chi connectivity index (χ0v) is 15.8. The molecule has 136 valence electrons. The van der Waals surface area contributed by atoms with Crippen LogP contribution in [0, 0.1) is 5.41 Å². The highest BCUT2D eigenvalue weighted by molar-refractivity contribution is 5.94. The van der Waals surface area contributed by atoms with E-state index in [9.17, 15) is 9.59 Å². The van der Waals surface area contributed by atoms with Crippen LogP contribution < -0.4 is 10.5 Å². The Bertz CT molecular complexity index is 530. The van der Waals surface area contributed by atoms with Crippen LogP contribution >= 0.6 is 12.4 Å². The summed E-state index contributed by atoms with van der Waals surface area (Å²) < 4.78 is 5.59. The van der Waals surface area contributed by atoms with E-state index >= 15 is 0 Å². The first-order valence-corrected chi connectivity index (χ1v) is 7.93. The number of Topliss-reactive ketones (excluding diaryl/α,β-unsaturated/α-hetero) is 1. The zero-order valence-electron chi connectivity index (χ0n) is 15.0. The summed E-state index contributed by atoms with van der Waals surface area (Å²) in [6.45, 7) is 7.29. The first-order valence-electron chi connectivity index (χ1n) is 7.93. The van der Waals surface area contributed by atoms with Crippen molar-refractivity contribution in [2.45, 2.75) is 33.6 Å². The maximum absolute atomic E-state index is 12.1. The summed E-state index contributed by atoms with van der Waals surface area (Å²) in [5.74, 6) is 0.840. The van der Waals surface area contributed by atoms with Crippen molar-refractivity contribution in [2.75, 3.05) is 26.7 Å². The number of ketones is 1. The van der Waals surface area contributed by atoms with Crippen molar-refractivity contribution in [1.82, 2.24) is 4.90 Å². The molecule has 0 saturated carbocycles. The topological polar surface area (TPSA) is 72.6 Å². The number of carbonyl (C=O) groups is 2. The van der Waals surface area contributed by atoms with Gasteiger partial charge in [-0.15, -0.1) is 12.4 Å². The zero-order chi connectivity index (χ0) is 17.5. The van der Waals surface area contributed by atoms with Gasteiger partial charge in [0.1, 0.15) is 5.75 Å². The van der Waals surface area contributed by atoms with Gasteiger partial charge in [0.25, 0.3) is 0 Å². The van der Waals surface area contributed by atoms with Gasteiger partial charge in [-0.1, -0.05) is 13.8 Å². The Morgan fingerprint density at radius 3 is 2.29 bits per heavy atom. The van der Waals surface area contributed by atoms with Gasteiger partial charge in [-0.05, 0) is 49.6 Å². The molecule has 6 heteroatoms. The van der Waals surface area contributed by atoms with Gasteiger partial charge in [0, 0.05) is 25.6 Å². The third kappa shape index (κ3) is 7.79. The van der Waals surface area contributed by atoms with Crippen molar-refractivity contribution in [3.63, 3.8) is 0 Å². The second-order valence-corrected chi connectivity index (χ2v) is 6.65. The molecule has 1 aromatic rings. The fourth-order valence-electron chi connectivity index (χ4n) is 2.18. The van der Waals surface area contributed by atoms with E-state index in [1.807, 2.05) is 13.8 Å². The van der Waals surface area contributed by atoms with Gasteiger partial charge in [-0.25, -0.2) is 0 Å². The van der Waals surface area contributed by atoms with Crippen LogP contribution in [-0.4, -0.2) is 43.3 Å². The molecule has 0 unspecified atom stereocenters. The van der Waals surface area contributed by atoms with Gasteiger partial charge < -0.3 is 15.4 Å². The highest BCUT2D eigenvalue weighted by Gasteiger charge is 2.20. The van der Waals surface area contributed by atoms with Crippen LogP contribution in [0.4, 0.5) is 0 Å². The molecule has 0 aromatic heterocycles. The Hall–Kier alpha value is -1.59. The van der Waals surface area contributed by atoms with E-state index in [4.69, 9.17) is 10.5 Å². The summed E-state index contributed by atoms with van der Waals surface area (Å²) in [6, 6.07) is 7.03. The number of amides is 1. The molecular weight excluding hydrogens is 328 g/mol. The predicted molar refractivity (Wildman–Crippen MR) is 98.9 cm³/mol. The molecule has 0 radical (unpaired) electrons. The molecule has 1 rings (SSSR count). The molecule has 0 fully saturated rings. The molecule has 0 aliphatic rings. The van der Waals surface area contributed by atoms with Crippen LogP contribution in [0.25, 0.3) is 0 Å². The number of hydrogen-bond donors (Lipinski definition) is 1. The van der Waals surface area contributed by atoms with Crippen molar-refractivity contribution >= 4 is 24.1 Å². The molecule has 0 spiro atoms. The summed E-state index contributed by atoms with van der Waals surface area (Å²) >= 11 is 0. The van der Waals surface area contributed by atoms with Crippen molar-refractivity contribution in [3.05, 3.63) is 29.8 Å². The number of nitrogens with two attached hydrogens (primary N) is 1. The van der Waals surface area contributed by atoms with Gasteiger partial charge in [-0.3, -0.25) is 9.59 Å². The van der Waals surface area contributed by atoms with Crippen LogP contribution in [0.5, 0.6) is 5.75 Å². The Morgan fingerprint density at radius 2 is 1.79 bits per heavy atom. The average Bonchev–Trinajstić information content (AvgIpc) is 2.51. The Morgan fingerprint density at radius 1 is 1.21 bits per heavy atom. The molecule has 0 heterocycles. The molecule has 0 saturated heterocycles. The van der Waals surface area contributed by atoms with E-state index < -0.39 is 0 Å². The maximum atomic E-state index is 12.1. The summed E-state index contributed by atoms with van der Waals surface area (Å²) in [5.41, 5.74) is 6.28. The highest BCUT2D eigenvalue weighted by atomic mass is 35.5. The largest absolute Gasteiger partial charge is 0.494 e. The molecule has 2 N–H and O–H groups in total. The number of rotatable bonds is 9. The average molecular weight is 357 g/mol. The number of halogens is 1. The molecule has 0 bridgehead atoms. The Kier molecular flexibility index (Phi) is 9.63. The second kappa shape index (κ2) is 10.3. The predicted octanol–water partition coefficient (Wildman–Crippen LogP) is 2.91.